The lowest BCUT2D eigenvalue weighted by Crippen LogP contribution is -2.60. The van der Waals surface area contributed by atoms with E-state index in [0.29, 0.717) is 37.7 Å². The predicted molar refractivity (Wildman–Crippen MR) is 159 cm³/mol. The molecule has 1 amide bonds. The number of hydrogen-bond acceptors (Lipinski definition) is 8. The fraction of sp³-hybridized carbons (Fsp3) is 0.400. The Hall–Kier alpha value is -3.95. The average molecular weight is 624 g/mol. The van der Waals surface area contributed by atoms with Crippen LogP contribution in [-0.2, 0) is 20.9 Å². The highest BCUT2D eigenvalue weighted by Crippen LogP contribution is 2.61. The van der Waals surface area contributed by atoms with Crippen LogP contribution in [0.4, 0.5) is 5.69 Å². The number of aromatic amines is 1. The Bertz CT molecular complexity index is 1860. The fourth-order valence-electron chi connectivity index (χ4n) is 6.99. The van der Waals surface area contributed by atoms with Gasteiger partial charge in [-0.05, 0) is 48.4 Å². The molecule has 0 spiro atoms. The molecule has 44 heavy (non-hydrogen) atoms. The van der Waals surface area contributed by atoms with E-state index in [2.05, 4.69) is 22.5 Å². The van der Waals surface area contributed by atoms with Gasteiger partial charge in [0, 0.05) is 49.6 Å². The minimum absolute atomic E-state index is 0.0674. The van der Waals surface area contributed by atoms with E-state index < -0.39 is 43.2 Å². The van der Waals surface area contributed by atoms with Crippen LogP contribution in [0, 0.1) is 23.0 Å². The van der Waals surface area contributed by atoms with Crippen molar-refractivity contribution in [3.8, 4) is 5.75 Å². The molecule has 13 nitrogen and oxygen atoms in total. The minimum atomic E-state index is -4.59. The number of nitrogens with zero attached hydrogens (tertiary/aromatic N) is 2. The zero-order valence-corrected chi connectivity index (χ0v) is 25.2. The smallest absolute Gasteiger partial charge is 0.280 e. The van der Waals surface area contributed by atoms with E-state index in [0.717, 1.165) is 12.0 Å². The van der Waals surface area contributed by atoms with Crippen LogP contribution in [0.25, 0.3) is 0 Å². The summed E-state index contributed by atoms with van der Waals surface area (Å²) in [7, 11) is -4.59. The van der Waals surface area contributed by atoms with Crippen molar-refractivity contribution in [3.63, 3.8) is 0 Å². The van der Waals surface area contributed by atoms with Gasteiger partial charge in [0.15, 0.2) is 0 Å². The number of benzene rings is 2. The van der Waals surface area contributed by atoms with Crippen LogP contribution < -0.4 is 15.4 Å². The molecule has 3 aromatic rings. The number of nitrogens with one attached hydrogen (secondary N) is 3. The number of rotatable bonds is 6. The number of aliphatic hydroxyl groups is 1. The summed E-state index contributed by atoms with van der Waals surface area (Å²) >= 11 is 0. The SMILES string of the molecule is Cc1cc(S(C)(=O)(O)N2CCNCC2)[nH]c1C(=O)NC12C(=O)c3cccc([N+](=O)[O-])c3C1(O)Oc1cc([C@H]3C[C@@H]3C)ccc12. The summed E-state index contributed by atoms with van der Waals surface area (Å²) in [5.41, 5.74) is -1.98. The molecule has 5 N–H and O–H groups in total. The minimum Gasteiger partial charge on any atom is -0.454 e. The molecule has 4 aliphatic rings. The van der Waals surface area contributed by atoms with Gasteiger partial charge < -0.3 is 25.5 Å². The van der Waals surface area contributed by atoms with Gasteiger partial charge in [-0.3, -0.25) is 24.3 Å². The van der Waals surface area contributed by atoms with Crippen molar-refractivity contribution in [2.24, 2.45) is 5.92 Å². The van der Waals surface area contributed by atoms with Crippen molar-refractivity contribution in [3.05, 3.63) is 86.1 Å². The third-order valence-electron chi connectivity index (χ3n) is 9.59. The van der Waals surface area contributed by atoms with Crippen molar-refractivity contribution in [1.82, 2.24) is 19.9 Å². The lowest BCUT2D eigenvalue weighted by atomic mass is 9.82. The van der Waals surface area contributed by atoms with Gasteiger partial charge in [0.2, 0.25) is 11.3 Å². The Morgan fingerprint density at radius 1 is 1.23 bits per heavy atom. The Morgan fingerprint density at radius 2 is 1.93 bits per heavy atom. The van der Waals surface area contributed by atoms with Gasteiger partial charge in [-0.2, -0.15) is 4.21 Å². The van der Waals surface area contributed by atoms with E-state index in [-0.39, 0.29) is 39.1 Å². The number of carbonyl (C=O) groups excluding carboxylic acids is 2. The summed E-state index contributed by atoms with van der Waals surface area (Å²) in [5.74, 6) is -3.43. The number of nitro benzene ring substituents is 1. The van der Waals surface area contributed by atoms with Crippen LogP contribution in [0.5, 0.6) is 5.75 Å². The average Bonchev–Trinajstić information content (AvgIpc) is 3.41. The van der Waals surface area contributed by atoms with Crippen molar-refractivity contribution in [2.45, 2.75) is 42.5 Å². The number of amides is 1. The van der Waals surface area contributed by atoms with E-state index in [1.54, 1.807) is 19.1 Å². The second kappa shape index (κ2) is 9.05. The molecule has 2 aromatic carbocycles. The van der Waals surface area contributed by atoms with E-state index in [1.807, 2.05) is 6.07 Å². The molecule has 232 valence electrons. The molecule has 4 atom stereocenters. The maximum absolute atomic E-state index is 14.3. The number of aromatic nitrogens is 1. The van der Waals surface area contributed by atoms with Gasteiger partial charge >= 0.3 is 0 Å². The van der Waals surface area contributed by atoms with E-state index in [1.165, 1.54) is 34.8 Å². The maximum Gasteiger partial charge on any atom is 0.280 e. The Kier molecular flexibility index (Phi) is 5.92. The largest absolute Gasteiger partial charge is 0.454 e. The van der Waals surface area contributed by atoms with Crippen LogP contribution >= 0.6 is 0 Å². The first-order chi connectivity index (χ1) is 20.7. The van der Waals surface area contributed by atoms with Crippen LogP contribution in [-0.4, -0.2) is 72.2 Å². The molecule has 2 aliphatic heterocycles. The first-order valence-corrected chi connectivity index (χ1v) is 16.7. The highest BCUT2D eigenvalue weighted by atomic mass is 32.3. The zero-order valence-electron chi connectivity index (χ0n) is 24.4. The van der Waals surface area contributed by atoms with Crippen LogP contribution in [0.15, 0.2) is 47.5 Å². The maximum atomic E-state index is 14.3. The molecule has 1 aromatic heterocycles. The molecule has 7 rings (SSSR count). The summed E-state index contributed by atoms with van der Waals surface area (Å²) in [6.07, 6.45) is 2.19. The summed E-state index contributed by atoms with van der Waals surface area (Å²) in [5, 5.41) is 30.1. The van der Waals surface area contributed by atoms with E-state index in [4.69, 9.17) is 4.74 Å². The number of hydrogen-bond donors (Lipinski definition) is 5. The first-order valence-electron chi connectivity index (χ1n) is 14.4. The molecule has 2 aliphatic carbocycles. The molecule has 1 saturated heterocycles. The van der Waals surface area contributed by atoms with E-state index in [9.17, 15) is 33.6 Å². The third-order valence-corrected chi connectivity index (χ3v) is 12.4. The van der Waals surface area contributed by atoms with Gasteiger partial charge in [0.1, 0.15) is 22.0 Å². The second-order valence-corrected chi connectivity index (χ2v) is 15.8. The number of ether oxygens (including phenoxy) is 1. The molecule has 3 heterocycles. The Balaban J connectivity index is 1.35. The summed E-state index contributed by atoms with van der Waals surface area (Å²) < 4.78 is 33.0. The molecule has 1 saturated carbocycles. The van der Waals surface area contributed by atoms with Crippen molar-refractivity contribution in [2.75, 3.05) is 32.4 Å². The standard InChI is InChI=1S/C30H33N5O8S/c1-16-13-20(16)18-7-8-21-23(15-18)43-30(38)25-19(5-4-6-22(25)35(39)40)27(36)29(21,30)33-28(37)26-17(2)14-24(32-26)44(3,41,42)34-11-9-31-10-12-34/h4-8,14-16,20,31-32,38H,9-13H2,1-3H3,(H,33,37)(H,41,42)/t16-,20-,29?,30?/m0/s1. The first kappa shape index (κ1) is 28.8. The third kappa shape index (κ3) is 3.75. The number of nitro groups is 1. The predicted octanol–water partition coefficient (Wildman–Crippen LogP) is 2.52. The number of piperazine rings is 1. The quantitative estimate of drug-likeness (QED) is 0.203. The number of Topliss-reactive ketones (excluding diaryl/α,β-unsaturated/α-hetero) is 1. The Morgan fingerprint density at radius 3 is 2.59 bits per heavy atom. The number of H-pyrrole nitrogens is 1. The summed E-state index contributed by atoms with van der Waals surface area (Å²) in [4.78, 5) is 42.6. The topological polar surface area (TPSA) is 187 Å². The summed E-state index contributed by atoms with van der Waals surface area (Å²) in [6.45, 7) is 5.36. The zero-order chi connectivity index (χ0) is 31.4. The number of aryl methyl sites for hydroxylation is 1. The van der Waals surface area contributed by atoms with Crippen LogP contribution in [0.2, 0.25) is 0 Å². The highest BCUT2D eigenvalue weighted by Gasteiger charge is 2.73. The van der Waals surface area contributed by atoms with E-state index >= 15 is 0 Å². The number of fused-ring (bicyclic) bond motifs is 5. The van der Waals surface area contributed by atoms with Crippen LogP contribution in [0.1, 0.15) is 62.4 Å². The van der Waals surface area contributed by atoms with Gasteiger partial charge in [-0.1, -0.05) is 31.2 Å². The molecule has 2 unspecified atom stereocenters. The van der Waals surface area contributed by atoms with Crippen molar-refractivity contribution < 1.29 is 33.1 Å². The fourth-order valence-corrected chi connectivity index (χ4v) is 9.10. The molecular formula is C30H33N5O8S. The molecule has 14 heteroatoms. The monoisotopic (exact) mass is 623 g/mol. The van der Waals surface area contributed by atoms with Gasteiger partial charge in [0.05, 0.1) is 4.92 Å². The highest BCUT2D eigenvalue weighted by molar-refractivity contribution is 8.12. The van der Waals surface area contributed by atoms with Gasteiger partial charge in [-0.15, -0.1) is 9.53 Å². The number of carbonyl (C=O) groups is 2. The van der Waals surface area contributed by atoms with Gasteiger partial charge in [-0.25, -0.2) is 4.31 Å². The van der Waals surface area contributed by atoms with Crippen LogP contribution in [0.3, 0.4) is 0 Å². The van der Waals surface area contributed by atoms with Gasteiger partial charge in [0.25, 0.3) is 17.4 Å². The normalized spacial score (nSPS) is 28.3. The summed E-state index contributed by atoms with van der Waals surface area (Å²) in [6, 6.07) is 10.4. The molecule has 0 radical (unpaired) electrons. The Labute approximate surface area is 252 Å². The second-order valence-electron chi connectivity index (χ2n) is 12.4. The van der Waals surface area contributed by atoms with Crippen molar-refractivity contribution >= 4 is 26.9 Å². The molecule has 0 bridgehead atoms. The number of ketones is 1. The lowest BCUT2D eigenvalue weighted by molar-refractivity contribution is -0.388. The lowest BCUT2D eigenvalue weighted by Gasteiger charge is -2.49. The molecular weight excluding hydrogens is 590 g/mol. The molecule has 2 fully saturated rings. The van der Waals surface area contributed by atoms with Crippen molar-refractivity contribution in [1.29, 1.82) is 0 Å².